The molecule has 0 amide bonds. The van der Waals surface area contributed by atoms with Crippen molar-refractivity contribution in [1.29, 1.82) is 0 Å². The van der Waals surface area contributed by atoms with Gasteiger partial charge in [-0.2, -0.15) is 0 Å². The Bertz CT molecular complexity index is 315. The predicted octanol–water partition coefficient (Wildman–Crippen LogP) is 2.87. The minimum absolute atomic E-state index is 0.135. The van der Waals surface area contributed by atoms with E-state index in [0.717, 1.165) is 5.69 Å². The molecule has 3 heteroatoms. The molecule has 0 aliphatic carbocycles. The number of aliphatic imine (C=N–C) groups is 1. The molecule has 1 rings (SSSR count). The highest BCUT2D eigenvalue weighted by Crippen LogP contribution is 2.16. The lowest BCUT2D eigenvalue weighted by Crippen LogP contribution is -2.07. The van der Waals surface area contributed by atoms with Crippen molar-refractivity contribution in [2.24, 2.45) is 4.99 Å². The van der Waals surface area contributed by atoms with Crippen molar-refractivity contribution in [1.82, 2.24) is 0 Å². The minimum Gasteiger partial charge on any atom is -0.508 e. The van der Waals surface area contributed by atoms with Gasteiger partial charge in [0.2, 0.25) is 0 Å². The normalized spacial score (nSPS) is 11.9. The van der Waals surface area contributed by atoms with Gasteiger partial charge in [-0.05, 0) is 38.1 Å². The molecule has 0 heterocycles. The molecular weight excluding hydrogens is 178 g/mol. The van der Waals surface area contributed by atoms with Crippen molar-refractivity contribution in [2.75, 3.05) is 0 Å². The molecule has 0 atom stereocenters. The Morgan fingerprint density at radius 3 is 2.36 bits per heavy atom. The highest BCUT2D eigenvalue weighted by Gasteiger charge is 1.97. The molecule has 0 aliphatic rings. The average Bonchev–Trinajstić information content (AvgIpc) is 2.07. The van der Waals surface area contributed by atoms with Crippen LogP contribution < -0.4 is 0 Å². The van der Waals surface area contributed by atoms with Crippen LogP contribution >= 0.6 is 0 Å². The van der Waals surface area contributed by atoms with E-state index < -0.39 is 0 Å². The van der Waals surface area contributed by atoms with Gasteiger partial charge in [0.1, 0.15) is 5.75 Å². The molecule has 0 aromatic heterocycles. The highest BCUT2D eigenvalue weighted by atomic mass is 16.5. The van der Waals surface area contributed by atoms with Crippen LogP contribution in [0.1, 0.15) is 20.8 Å². The lowest BCUT2D eigenvalue weighted by Gasteiger charge is -2.08. The van der Waals surface area contributed by atoms with Crippen LogP contribution in [-0.2, 0) is 4.74 Å². The van der Waals surface area contributed by atoms with Gasteiger partial charge < -0.3 is 9.84 Å². The van der Waals surface area contributed by atoms with Gasteiger partial charge in [-0.15, -0.1) is 0 Å². The number of ether oxygens (including phenoxy) is 1. The third-order valence-electron chi connectivity index (χ3n) is 1.54. The Labute approximate surface area is 84.1 Å². The third-order valence-corrected chi connectivity index (χ3v) is 1.54. The largest absolute Gasteiger partial charge is 0.508 e. The minimum atomic E-state index is 0.135. The molecule has 0 saturated carbocycles. The summed E-state index contributed by atoms with van der Waals surface area (Å²) in [6.45, 7) is 5.72. The monoisotopic (exact) mass is 193 g/mol. The molecule has 1 N–H and O–H groups in total. The second-order valence-electron chi connectivity index (χ2n) is 3.31. The second-order valence-corrected chi connectivity index (χ2v) is 3.31. The maximum atomic E-state index is 9.06. The van der Waals surface area contributed by atoms with Gasteiger partial charge in [-0.3, -0.25) is 0 Å². The van der Waals surface area contributed by atoms with Crippen LogP contribution in [0, 0.1) is 0 Å². The van der Waals surface area contributed by atoms with E-state index >= 15 is 0 Å². The van der Waals surface area contributed by atoms with Crippen molar-refractivity contribution in [3.05, 3.63) is 24.3 Å². The average molecular weight is 193 g/mol. The first-order chi connectivity index (χ1) is 6.58. The summed E-state index contributed by atoms with van der Waals surface area (Å²) in [4.78, 5) is 4.22. The number of hydrogen-bond acceptors (Lipinski definition) is 3. The summed E-state index contributed by atoms with van der Waals surface area (Å²) in [5, 5.41) is 9.06. The Morgan fingerprint density at radius 2 is 1.86 bits per heavy atom. The van der Waals surface area contributed by atoms with E-state index in [1.54, 1.807) is 24.3 Å². The molecule has 0 radical (unpaired) electrons. The van der Waals surface area contributed by atoms with Crippen LogP contribution in [0.5, 0.6) is 5.75 Å². The van der Waals surface area contributed by atoms with Crippen LogP contribution in [0.15, 0.2) is 29.3 Å². The fourth-order valence-corrected chi connectivity index (χ4v) is 1.08. The topological polar surface area (TPSA) is 41.8 Å². The van der Waals surface area contributed by atoms with Crippen molar-refractivity contribution >= 4 is 11.6 Å². The highest BCUT2D eigenvalue weighted by molar-refractivity contribution is 5.76. The molecule has 0 spiro atoms. The molecule has 76 valence electrons. The van der Waals surface area contributed by atoms with E-state index in [2.05, 4.69) is 4.99 Å². The zero-order chi connectivity index (χ0) is 10.6. The van der Waals surface area contributed by atoms with E-state index in [9.17, 15) is 0 Å². The fraction of sp³-hybridized carbons (Fsp3) is 0.364. The molecule has 1 aromatic carbocycles. The number of benzene rings is 1. The van der Waals surface area contributed by atoms with Crippen LogP contribution in [0.3, 0.4) is 0 Å². The summed E-state index contributed by atoms with van der Waals surface area (Å²) < 4.78 is 5.37. The van der Waals surface area contributed by atoms with Gasteiger partial charge in [0.25, 0.3) is 0 Å². The maximum Gasteiger partial charge on any atom is 0.185 e. The molecular formula is C11H15NO2. The smallest absolute Gasteiger partial charge is 0.185 e. The van der Waals surface area contributed by atoms with Crippen LogP contribution in [-0.4, -0.2) is 17.1 Å². The van der Waals surface area contributed by atoms with Gasteiger partial charge in [0.15, 0.2) is 5.90 Å². The van der Waals surface area contributed by atoms with Gasteiger partial charge in [0.05, 0.1) is 11.8 Å². The van der Waals surface area contributed by atoms with Crippen molar-refractivity contribution in [3.8, 4) is 5.75 Å². The lowest BCUT2D eigenvalue weighted by atomic mass is 10.3. The first-order valence-corrected chi connectivity index (χ1v) is 4.59. The molecule has 0 unspecified atom stereocenters. The Balaban J connectivity index is 2.71. The molecule has 0 saturated heterocycles. The number of rotatable bonds is 2. The standard InChI is InChI=1S/C11H15NO2/c1-8(2)14-9(3)12-10-4-6-11(13)7-5-10/h4-8,13H,1-3H3. The summed E-state index contributed by atoms with van der Waals surface area (Å²) in [5.74, 6) is 0.872. The molecule has 0 bridgehead atoms. The SMILES string of the molecule is CC(=Nc1ccc(O)cc1)OC(C)C. The van der Waals surface area contributed by atoms with Crippen molar-refractivity contribution < 1.29 is 9.84 Å². The summed E-state index contributed by atoms with van der Waals surface area (Å²) in [6, 6.07) is 6.67. The number of phenolic OH excluding ortho intramolecular Hbond substituents is 1. The molecule has 0 aliphatic heterocycles. The van der Waals surface area contributed by atoms with Crippen LogP contribution in [0.2, 0.25) is 0 Å². The van der Waals surface area contributed by atoms with E-state index in [-0.39, 0.29) is 11.9 Å². The zero-order valence-electron chi connectivity index (χ0n) is 8.69. The molecule has 14 heavy (non-hydrogen) atoms. The Kier molecular flexibility index (Phi) is 3.51. The van der Waals surface area contributed by atoms with Crippen molar-refractivity contribution in [3.63, 3.8) is 0 Å². The van der Waals surface area contributed by atoms with Gasteiger partial charge in [0, 0.05) is 6.92 Å². The molecule has 0 fully saturated rings. The number of hydrogen-bond donors (Lipinski definition) is 1. The Hall–Kier alpha value is -1.51. The third kappa shape index (κ3) is 3.47. The van der Waals surface area contributed by atoms with Crippen molar-refractivity contribution in [2.45, 2.75) is 26.9 Å². The second kappa shape index (κ2) is 4.65. The zero-order valence-corrected chi connectivity index (χ0v) is 8.69. The van der Waals surface area contributed by atoms with Gasteiger partial charge >= 0.3 is 0 Å². The van der Waals surface area contributed by atoms with E-state index in [1.165, 1.54) is 0 Å². The van der Waals surface area contributed by atoms with Gasteiger partial charge in [-0.1, -0.05) is 0 Å². The fourth-order valence-electron chi connectivity index (χ4n) is 1.08. The summed E-state index contributed by atoms with van der Waals surface area (Å²) in [7, 11) is 0. The predicted molar refractivity (Wildman–Crippen MR) is 57.1 cm³/mol. The first-order valence-electron chi connectivity index (χ1n) is 4.59. The van der Waals surface area contributed by atoms with Crippen LogP contribution in [0.25, 0.3) is 0 Å². The van der Waals surface area contributed by atoms with E-state index in [1.807, 2.05) is 20.8 Å². The maximum absolute atomic E-state index is 9.06. The number of phenols is 1. The Morgan fingerprint density at radius 1 is 1.29 bits per heavy atom. The van der Waals surface area contributed by atoms with Crippen LogP contribution in [0.4, 0.5) is 5.69 Å². The first kappa shape index (κ1) is 10.6. The lowest BCUT2D eigenvalue weighted by molar-refractivity contribution is 0.226. The van der Waals surface area contributed by atoms with Gasteiger partial charge in [-0.25, -0.2) is 4.99 Å². The number of aromatic hydroxyl groups is 1. The van der Waals surface area contributed by atoms with E-state index in [0.29, 0.717) is 5.90 Å². The summed E-state index contributed by atoms with van der Waals surface area (Å²) in [6.07, 6.45) is 0.135. The molecule has 3 nitrogen and oxygen atoms in total. The summed E-state index contributed by atoms with van der Waals surface area (Å²) in [5.41, 5.74) is 0.779. The number of nitrogens with zero attached hydrogens (tertiary/aromatic N) is 1. The summed E-state index contributed by atoms with van der Waals surface area (Å²) >= 11 is 0. The van der Waals surface area contributed by atoms with E-state index in [4.69, 9.17) is 9.84 Å². The molecule has 1 aromatic rings. The quantitative estimate of drug-likeness (QED) is 0.579.